The number of benzene rings is 1. The molecule has 0 radical (unpaired) electrons. The molecule has 0 atom stereocenters. The molecule has 1 aromatic carbocycles. The van der Waals surface area contributed by atoms with Crippen LogP contribution in [0.3, 0.4) is 0 Å². The number of methoxy groups -OCH3 is 2. The third kappa shape index (κ3) is 2.92. The van der Waals surface area contributed by atoms with Crippen LogP contribution in [0.4, 0.5) is 0 Å². The SMILES string of the molecule is COc1cc(OC)cc(C2=CC(=O)CCCC2)c1. The number of allylic oxidation sites excluding steroid dienone is 2. The number of hydrogen-bond donors (Lipinski definition) is 0. The lowest BCUT2D eigenvalue weighted by atomic mass is 10.0. The Kier molecular flexibility index (Phi) is 4.03. The van der Waals surface area contributed by atoms with E-state index >= 15 is 0 Å². The Labute approximate surface area is 107 Å². The van der Waals surface area contributed by atoms with E-state index in [9.17, 15) is 4.79 Å². The van der Waals surface area contributed by atoms with Crippen LogP contribution < -0.4 is 9.47 Å². The highest BCUT2D eigenvalue weighted by Crippen LogP contribution is 2.31. The van der Waals surface area contributed by atoms with Crippen LogP contribution in [0.2, 0.25) is 0 Å². The Bertz CT molecular complexity index is 452. The summed E-state index contributed by atoms with van der Waals surface area (Å²) in [5.74, 6) is 1.72. The Morgan fingerprint density at radius 2 is 1.56 bits per heavy atom. The van der Waals surface area contributed by atoms with Crippen LogP contribution in [0.1, 0.15) is 31.2 Å². The summed E-state index contributed by atoms with van der Waals surface area (Å²) in [5, 5.41) is 0. The van der Waals surface area contributed by atoms with Crippen LogP contribution in [0.15, 0.2) is 24.3 Å². The number of hydrogen-bond acceptors (Lipinski definition) is 3. The van der Waals surface area contributed by atoms with Crippen LogP contribution in [-0.2, 0) is 4.79 Å². The summed E-state index contributed by atoms with van der Waals surface area (Å²) < 4.78 is 10.5. The second-order valence-electron chi connectivity index (χ2n) is 4.44. The molecule has 1 aromatic rings. The Morgan fingerprint density at radius 1 is 0.944 bits per heavy atom. The Morgan fingerprint density at radius 3 is 2.17 bits per heavy atom. The lowest BCUT2D eigenvalue weighted by Crippen LogP contribution is -1.93. The molecule has 0 spiro atoms. The van der Waals surface area contributed by atoms with Crippen LogP contribution in [0, 0.1) is 0 Å². The van der Waals surface area contributed by atoms with Gasteiger partial charge in [0.25, 0.3) is 0 Å². The van der Waals surface area contributed by atoms with E-state index in [1.54, 1.807) is 20.3 Å². The third-order valence-corrected chi connectivity index (χ3v) is 3.18. The minimum absolute atomic E-state index is 0.212. The van der Waals surface area contributed by atoms with Crippen molar-refractivity contribution in [1.82, 2.24) is 0 Å². The number of rotatable bonds is 3. The highest BCUT2D eigenvalue weighted by atomic mass is 16.5. The van der Waals surface area contributed by atoms with E-state index in [2.05, 4.69) is 0 Å². The maximum Gasteiger partial charge on any atom is 0.155 e. The zero-order valence-corrected chi connectivity index (χ0v) is 10.9. The molecule has 0 fully saturated rings. The largest absolute Gasteiger partial charge is 0.497 e. The van der Waals surface area contributed by atoms with Crippen molar-refractivity contribution in [3.05, 3.63) is 29.8 Å². The molecule has 96 valence electrons. The molecule has 0 unspecified atom stereocenters. The van der Waals surface area contributed by atoms with Gasteiger partial charge in [-0.3, -0.25) is 4.79 Å². The van der Waals surface area contributed by atoms with Crippen molar-refractivity contribution in [3.63, 3.8) is 0 Å². The molecule has 0 bridgehead atoms. The van der Waals surface area contributed by atoms with E-state index in [1.807, 2.05) is 18.2 Å². The first-order valence-electron chi connectivity index (χ1n) is 6.20. The fraction of sp³-hybridized carbons (Fsp3) is 0.400. The molecule has 0 heterocycles. The van der Waals surface area contributed by atoms with E-state index in [-0.39, 0.29) is 5.78 Å². The number of carbonyl (C=O) groups is 1. The highest BCUT2D eigenvalue weighted by Gasteiger charge is 2.12. The number of ketones is 1. The van der Waals surface area contributed by atoms with E-state index in [0.29, 0.717) is 6.42 Å². The van der Waals surface area contributed by atoms with Crippen molar-refractivity contribution >= 4 is 11.4 Å². The molecule has 0 saturated heterocycles. The van der Waals surface area contributed by atoms with Crippen LogP contribution >= 0.6 is 0 Å². The van der Waals surface area contributed by atoms with E-state index in [1.165, 1.54) is 0 Å². The molecule has 0 aliphatic heterocycles. The zero-order valence-electron chi connectivity index (χ0n) is 10.9. The van der Waals surface area contributed by atoms with Gasteiger partial charge in [-0.1, -0.05) is 0 Å². The summed E-state index contributed by atoms with van der Waals surface area (Å²) in [6.45, 7) is 0. The first kappa shape index (κ1) is 12.7. The lowest BCUT2D eigenvalue weighted by molar-refractivity contribution is -0.114. The highest BCUT2D eigenvalue weighted by molar-refractivity contribution is 5.97. The summed E-state index contributed by atoms with van der Waals surface area (Å²) >= 11 is 0. The van der Waals surface area contributed by atoms with Gasteiger partial charge in [0.05, 0.1) is 14.2 Å². The summed E-state index contributed by atoms with van der Waals surface area (Å²) in [5.41, 5.74) is 2.09. The van der Waals surface area contributed by atoms with E-state index < -0.39 is 0 Å². The van der Waals surface area contributed by atoms with Gasteiger partial charge in [0.15, 0.2) is 5.78 Å². The van der Waals surface area contributed by atoms with Crippen molar-refractivity contribution in [2.24, 2.45) is 0 Å². The molecule has 0 aromatic heterocycles. The van der Waals surface area contributed by atoms with Crippen LogP contribution in [-0.4, -0.2) is 20.0 Å². The second kappa shape index (κ2) is 5.71. The molecular weight excluding hydrogens is 228 g/mol. The zero-order chi connectivity index (χ0) is 13.0. The molecular formula is C15H18O3. The molecule has 0 amide bonds. The van der Waals surface area contributed by atoms with E-state index in [4.69, 9.17) is 9.47 Å². The Hall–Kier alpha value is -1.77. The fourth-order valence-electron chi connectivity index (χ4n) is 2.17. The minimum atomic E-state index is 0.212. The monoisotopic (exact) mass is 246 g/mol. The van der Waals surface area contributed by atoms with Crippen molar-refractivity contribution in [1.29, 1.82) is 0 Å². The maximum absolute atomic E-state index is 11.6. The van der Waals surface area contributed by atoms with Gasteiger partial charge < -0.3 is 9.47 Å². The van der Waals surface area contributed by atoms with Crippen LogP contribution in [0.5, 0.6) is 11.5 Å². The second-order valence-corrected chi connectivity index (χ2v) is 4.44. The van der Waals surface area contributed by atoms with Gasteiger partial charge in [0.1, 0.15) is 11.5 Å². The quantitative estimate of drug-likeness (QED) is 0.821. The smallest absolute Gasteiger partial charge is 0.155 e. The van der Waals surface area contributed by atoms with Gasteiger partial charge in [-0.15, -0.1) is 0 Å². The van der Waals surface area contributed by atoms with Crippen molar-refractivity contribution in [3.8, 4) is 11.5 Å². The summed E-state index contributed by atoms with van der Waals surface area (Å²) in [7, 11) is 3.26. The van der Waals surface area contributed by atoms with Gasteiger partial charge in [-0.25, -0.2) is 0 Å². The maximum atomic E-state index is 11.6. The van der Waals surface area contributed by atoms with Crippen LogP contribution in [0.25, 0.3) is 5.57 Å². The third-order valence-electron chi connectivity index (χ3n) is 3.18. The first-order chi connectivity index (χ1) is 8.72. The topological polar surface area (TPSA) is 35.5 Å². The predicted molar refractivity (Wildman–Crippen MR) is 71.0 cm³/mol. The molecule has 3 heteroatoms. The normalized spacial score (nSPS) is 15.9. The summed E-state index contributed by atoms with van der Waals surface area (Å²) in [6, 6.07) is 5.74. The number of ether oxygens (including phenoxy) is 2. The average Bonchev–Trinajstić information content (AvgIpc) is 2.62. The predicted octanol–water partition coefficient (Wildman–Crippen LogP) is 3.23. The molecule has 1 aliphatic rings. The standard InChI is InChI=1S/C15H18O3/c1-17-14-8-12(9-15(10-14)18-2)11-5-3-4-6-13(16)7-11/h7-10H,3-6H2,1-2H3. The van der Waals surface area contributed by atoms with Gasteiger partial charge in [-0.2, -0.15) is 0 Å². The van der Waals surface area contributed by atoms with E-state index in [0.717, 1.165) is 41.9 Å². The first-order valence-corrected chi connectivity index (χ1v) is 6.20. The molecule has 2 rings (SSSR count). The van der Waals surface area contributed by atoms with Gasteiger partial charge in [0.2, 0.25) is 0 Å². The minimum Gasteiger partial charge on any atom is -0.497 e. The molecule has 0 saturated carbocycles. The summed E-state index contributed by atoms with van der Waals surface area (Å²) in [6.07, 6.45) is 5.38. The molecule has 0 N–H and O–H groups in total. The molecule has 18 heavy (non-hydrogen) atoms. The molecule has 3 nitrogen and oxygen atoms in total. The van der Waals surface area contributed by atoms with Crippen molar-refractivity contribution in [2.75, 3.05) is 14.2 Å². The lowest BCUT2D eigenvalue weighted by Gasteiger charge is -2.10. The van der Waals surface area contributed by atoms with Crippen molar-refractivity contribution in [2.45, 2.75) is 25.7 Å². The summed E-state index contributed by atoms with van der Waals surface area (Å²) in [4.78, 5) is 11.6. The Balaban J connectivity index is 2.39. The molecule has 1 aliphatic carbocycles. The van der Waals surface area contributed by atoms with Gasteiger partial charge >= 0.3 is 0 Å². The van der Waals surface area contributed by atoms with Gasteiger partial charge in [-0.05, 0) is 48.6 Å². The number of carbonyl (C=O) groups excluding carboxylic acids is 1. The fourth-order valence-corrected chi connectivity index (χ4v) is 2.17. The van der Waals surface area contributed by atoms with Gasteiger partial charge in [0, 0.05) is 12.5 Å². The average molecular weight is 246 g/mol. The van der Waals surface area contributed by atoms with Crippen molar-refractivity contribution < 1.29 is 14.3 Å².